The first kappa shape index (κ1) is 13.5. The molecule has 0 spiro atoms. The van der Waals surface area contributed by atoms with Gasteiger partial charge in [0.05, 0.1) is 19.7 Å². The van der Waals surface area contributed by atoms with Crippen molar-refractivity contribution >= 4 is 0 Å². The minimum absolute atomic E-state index is 0.297. The zero-order valence-corrected chi connectivity index (χ0v) is 10.7. The molecule has 0 bridgehead atoms. The van der Waals surface area contributed by atoms with Crippen LogP contribution in [0.4, 0.5) is 0 Å². The van der Waals surface area contributed by atoms with E-state index in [0.29, 0.717) is 18.5 Å². The third-order valence-corrected chi connectivity index (χ3v) is 2.88. The van der Waals surface area contributed by atoms with E-state index in [0.717, 1.165) is 12.2 Å². The molecule has 1 aromatic carbocycles. The number of methoxy groups -OCH3 is 1. The summed E-state index contributed by atoms with van der Waals surface area (Å²) in [5.41, 5.74) is 1.18. The van der Waals surface area contributed by atoms with E-state index in [1.54, 1.807) is 7.11 Å². The van der Waals surface area contributed by atoms with Crippen molar-refractivity contribution in [1.29, 1.82) is 5.26 Å². The molecular formula is C14H20N2O. The molecule has 0 radical (unpaired) electrons. The van der Waals surface area contributed by atoms with Crippen LogP contribution in [0, 0.1) is 17.2 Å². The Hall–Kier alpha value is -1.53. The summed E-state index contributed by atoms with van der Waals surface area (Å²) in [6, 6.07) is 10.4. The summed E-state index contributed by atoms with van der Waals surface area (Å²) in [5, 5.41) is 11.9. The van der Waals surface area contributed by atoms with E-state index < -0.39 is 0 Å². The summed E-state index contributed by atoms with van der Waals surface area (Å²) in [6.45, 7) is 4.70. The molecule has 0 aromatic heterocycles. The lowest BCUT2D eigenvalue weighted by molar-refractivity contribution is 0.387. The molecule has 1 aromatic rings. The predicted octanol–water partition coefficient (Wildman–Crippen LogP) is 2.38. The normalized spacial score (nSPS) is 12.2. The van der Waals surface area contributed by atoms with Crippen LogP contribution in [0.25, 0.3) is 0 Å². The number of ether oxygens (including phenoxy) is 1. The molecule has 0 aliphatic rings. The molecule has 0 amide bonds. The fourth-order valence-electron chi connectivity index (χ4n) is 1.83. The lowest BCUT2D eigenvalue weighted by atomic mass is 9.96. The Labute approximate surface area is 103 Å². The molecular weight excluding hydrogens is 212 g/mol. The van der Waals surface area contributed by atoms with Gasteiger partial charge in [-0.1, -0.05) is 32.0 Å². The maximum atomic E-state index is 8.63. The Kier molecular flexibility index (Phi) is 5.51. The van der Waals surface area contributed by atoms with Crippen LogP contribution < -0.4 is 10.1 Å². The van der Waals surface area contributed by atoms with Gasteiger partial charge < -0.3 is 10.1 Å². The van der Waals surface area contributed by atoms with Crippen LogP contribution in [-0.2, 0) is 6.42 Å². The highest BCUT2D eigenvalue weighted by Gasteiger charge is 2.15. The van der Waals surface area contributed by atoms with Crippen LogP contribution >= 0.6 is 0 Å². The third kappa shape index (κ3) is 4.08. The van der Waals surface area contributed by atoms with Crippen molar-refractivity contribution in [3.05, 3.63) is 29.8 Å². The van der Waals surface area contributed by atoms with Crippen molar-refractivity contribution in [3.63, 3.8) is 0 Å². The average Bonchev–Trinajstić information content (AvgIpc) is 2.34. The van der Waals surface area contributed by atoms with Crippen molar-refractivity contribution in [2.24, 2.45) is 5.92 Å². The highest BCUT2D eigenvalue weighted by atomic mass is 16.5. The van der Waals surface area contributed by atoms with E-state index in [-0.39, 0.29) is 0 Å². The van der Waals surface area contributed by atoms with Gasteiger partial charge in [-0.3, -0.25) is 0 Å². The number of hydrogen-bond acceptors (Lipinski definition) is 3. The smallest absolute Gasteiger partial charge is 0.122 e. The molecule has 3 heteroatoms. The van der Waals surface area contributed by atoms with Gasteiger partial charge in [-0.05, 0) is 24.0 Å². The van der Waals surface area contributed by atoms with Gasteiger partial charge in [0, 0.05) is 6.04 Å². The van der Waals surface area contributed by atoms with E-state index in [2.05, 4.69) is 31.3 Å². The first-order chi connectivity index (χ1) is 8.19. The summed E-state index contributed by atoms with van der Waals surface area (Å²) in [6.07, 6.45) is 0.878. The van der Waals surface area contributed by atoms with Crippen LogP contribution in [-0.4, -0.2) is 19.7 Å². The Morgan fingerprint density at radius 1 is 1.35 bits per heavy atom. The van der Waals surface area contributed by atoms with Crippen LogP contribution in [0.15, 0.2) is 24.3 Å². The Morgan fingerprint density at radius 3 is 2.65 bits per heavy atom. The highest BCUT2D eigenvalue weighted by molar-refractivity contribution is 5.33. The maximum Gasteiger partial charge on any atom is 0.122 e. The lowest BCUT2D eigenvalue weighted by Gasteiger charge is -2.22. The minimum atomic E-state index is 0.297. The highest BCUT2D eigenvalue weighted by Crippen LogP contribution is 2.20. The van der Waals surface area contributed by atoms with Crippen molar-refractivity contribution in [2.45, 2.75) is 26.3 Å². The van der Waals surface area contributed by atoms with Crippen LogP contribution in [0.1, 0.15) is 19.4 Å². The summed E-state index contributed by atoms with van der Waals surface area (Å²) in [5.74, 6) is 1.39. The van der Waals surface area contributed by atoms with Crippen LogP contribution in [0.2, 0.25) is 0 Å². The number of hydrogen-bond donors (Lipinski definition) is 1. The second-order valence-electron chi connectivity index (χ2n) is 4.41. The Balaban J connectivity index is 2.75. The monoisotopic (exact) mass is 232 g/mol. The predicted molar refractivity (Wildman–Crippen MR) is 68.9 cm³/mol. The molecule has 1 N–H and O–H groups in total. The molecule has 1 rings (SSSR count). The number of rotatable bonds is 6. The van der Waals surface area contributed by atoms with Gasteiger partial charge in [0.1, 0.15) is 5.75 Å². The zero-order chi connectivity index (χ0) is 12.7. The summed E-state index contributed by atoms with van der Waals surface area (Å²) in [7, 11) is 1.69. The molecule has 1 unspecified atom stereocenters. The van der Waals surface area contributed by atoms with Gasteiger partial charge in [0.25, 0.3) is 0 Å². The Morgan fingerprint density at radius 2 is 2.06 bits per heavy atom. The number of nitriles is 1. The van der Waals surface area contributed by atoms with E-state index in [9.17, 15) is 0 Å². The molecule has 0 heterocycles. The molecule has 0 fully saturated rings. The molecule has 3 nitrogen and oxygen atoms in total. The van der Waals surface area contributed by atoms with Crippen LogP contribution in [0.5, 0.6) is 5.75 Å². The van der Waals surface area contributed by atoms with Gasteiger partial charge in [0.15, 0.2) is 0 Å². The van der Waals surface area contributed by atoms with E-state index in [4.69, 9.17) is 10.00 Å². The summed E-state index contributed by atoms with van der Waals surface area (Å²) in [4.78, 5) is 0. The fourth-order valence-corrected chi connectivity index (χ4v) is 1.83. The summed E-state index contributed by atoms with van der Waals surface area (Å²) < 4.78 is 5.34. The third-order valence-electron chi connectivity index (χ3n) is 2.88. The van der Waals surface area contributed by atoms with Gasteiger partial charge in [-0.2, -0.15) is 5.26 Å². The van der Waals surface area contributed by atoms with Gasteiger partial charge in [-0.25, -0.2) is 0 Å². The maximum absolute atomic E-state index is 8.63. The van der Waals surface area contributed by atoms with E-state index >= 15 is 0 Å². The van der Waals surface area contributed by atoms with Gasteiger partial charge >= 0.3 is 0 Å². The van der Waals surface area contributed by atoms with E-state index in [1.807, 2.05) is 18.2 Å². The molecule has 0 saturated heterocycles. The first-order valence-electron chi connectivity index (χ1n) is 5.91. The van der Waals surface area contributed by atoms with Crippen LogP contribution in [0.3, 0.4) is 0 Å². The largest absolute Gasteiger partial charge is 0.496 e. The molecule has 0 aliphatic carbocycles. The van der Waals surface area contributed by atoms with Crippen molar-refractivity contribution in [2.75, 3.05) is 13.7 Å². The number of benzene rings is 1. The molecule has 0 saturated carbocycles. The number of para-hydroxylation sites is 1. The summed E-state index contributed by atoms with van der Waals surface area (Å²) >= 11 is 0. The SMILES string of the molecule is COc1ccccc1CC(NCC#N)C(C)C. The Bertz CT molecular complexity index is 382. The number of nitrogens with one attached hydrogen (secondary N) is 1. The van der Waals surface area contributed by atoms with Gasteiger partial charge in [0.2, 0.25) is 0 Å². The van der Waals surface area contributed by atoms with E-state index in [1.165, 1.54) is 5.56 Å². The average molecular weight is 232 g/mol. The number of nitrogens with zero attached hydrogens (tertiary/aromatic N) is 1. The van der Waals surface area contributed by atoms with Crippen molar-refractivity contribution < 1.29 is 4.74 Å². The first-order valence-corrected chi connectivity index (χ1v) is 5.91. The van der Waals surface area contributed by atoms with Crippen molar-refractivity contribution in [3.8, 4) is 11.8 Å². The van der Waals surface area contributed by atoms with Gasteiger partial charge in [-0.15, -0.1) is 0 Å². The second kappa shape index (κ2) is 6.93. The second-order valence-corrected chi connectivity index (χ2v) is 4.41. The molecule has 0 aliphatic heterocycles. The zero-order valence-electron chi connectivity index (χ0n) is 10.7. The standard InChI is InChI=1S/C14H20N2O/c1-11(2)13(16-9-8-15)10-12-6-4-5-7-14(12)17-3/h4-7,11,13,16H,9-10H2,1-3H3. The molecule has 92 valence electrons. The van der Waals surface area contributed by atoms with Crippen molar-refractivity contribution in [1.82, 2.24) is 5.32 Å². The fraction of sp³-hybridized carbons (Fsp3) is 0.500. The molecule has 1 atom stereocenters. The topological polar surface area (TPSA) is 45.0 Å². The lowest BCUT2D eigenvalue weighted by Crippen LogP contribution is -2.36. The quantitative estimate of drug-likeness (QED) is 0.766. The minimum Gasteiger partial charge on any atom is -0.496 e. The molecule has 17 heavy (non-hydrogen) atoms.